The van der Waals surface area contributed by atoms with Gasteiger partial charge in [0.2, 0.25) is 0 Å². The fourth-order valence-electron chi connectivity index (χ4n) is 2.00. The molecule has 120 valence electrons. The molecule has 0 saturated heterocycles. The molecule has 1 rings (SSSR count). The van der Waals surface area contributed by atoms with E-state index in [1.54, 1.807) is 12.1 Å². The van der Waals surface area contributed by atoms with E-state index >= 15 is 0 Å². The van der Waals surface area contributed by atoms with Gasteiger partial charge in [-0.3, -0.25) is 4.79 Å². The number of carbonyl (C=O) groups excluding carboxylic acids is 1. The molecule has 0 saturated carbocycles. The summed E-state index contributed by atoms with van der Waals surface area (Å²) in [5.41, 5.74) is 6.32. The third-order valence-electron chi connectivity index (χ3n) is 2.94. The van der Waals surface area contributed by atoms with Crippen LogP contribution in [0.1, 0.15) is 44.0 Å². The molecule has 5 heteroatoms. The van der Waals surface area contributed by atoms with E-state index in [1.165, 1.54) is 0 Å². The Hall–Kier alpha value is -1.26. The van der Waals surface area contributed by atoms with Crippen LogP contribution in [0.2, 0.25) is 0 Å². The molecule has 21 heavy (non-hydrogen) atoms. The number of benzene rings is 1. The van der Waals surface area contributed by atoms with Crippen molar-refractivity contribution in [1.82, 2.24) is 5.32 Å². The normalized spacial score (nSPS) is 11.7. The number of ether oxygens (including phenoxy) is 1. The first-order valence-electron chi connectivity index (χ1n) is 7.30. The summed E-state index contributed by atoms with van der Waals surface area (Å²) in [6, 6.07) is 7.27. The molecule has 3 N–H and O–H groups in total. The molecule has 0 aliphatic heterocycles. The van der Waals surface area contributed by atoms with Gasteiger partial charge in [-0.2, -0.15) is 0 Å². The molecule has 1 atom stereocenters. The Morgan fingerprint density at radius 3 is 2.67 bits per heavy atom. The van der Waals surface area contributed by atoms with Gasteiger partial charge in [-0.05, 0) is 37.0 Å². The molecule has 1 amide bonds. The highest BCUT2D eigenvalue weighted by molar-refractivity contribution is 5.94. The van der Waals surface area contributed by atoms with Crippen LogP contribution in [0.5, 0.6) is 5.75 Å². The van der Waals surface area contributed by atoms with E-state index in [4.69, 9.17) is 10.5 Å². The van der Waals surface area contributed by atoms with Crippen molar-refractivity contribution < 1.29 is 9.53 Å². The maximum Gasteiger partial charge on any atom is 0.251 e. The first kappa shape index (κ1) is 19.7. The Bertz CT molecular complexity index is 424. The molecular formula is C16H27ClN2O2. The Balaban J connectivity index is 0.00000400. The van der Waals surface area contributed by atoms with Gasteiger partial charge in [0, 0.05) is 18.2 Å². The molecular weight excluding hydrogens is 288 g/mol. The number of amides is 1. The van der Waals surface area contributed by atoms with Crippen LogP contribution < -0.4 is 15.8 Å². The molecule has 0 fully saturated rings. The Morgan fingerprint density at radius 2 is 2.10 bits per heavy atom. The van der Waals surface area contributed by atoms with Crippen LogP contribution in [0.15, 0.2) is 24.3 Å². The zero-order valence-corrected chi connectivity index (χ0v) is 13.9. The van der Waals surface area contributed by atoms with E-state index in [0.717, 1.165) is 18.6 Å². The van der Waals surface area contributed by atoms with Crippen molar-refractivity contribution in [2.75, 3.05) is 13.2 Å². The van der Waals surface area contributed by atoms with Crippen molar-refractivity contribution in [2.24, 2.45) is 11.7 Å². The number of hydrogen-bond acceptors (Lipinski definition) is 3. The van der Waals surface area contributed by atoms with Crippen molar-refractivity contribution in [3.8, 4) is 5.75 Å². The molecule has 0 spiro atoms. The van der Waals surface area contributed by atoms with E-state index in [9.17, 15) is 4.79 Å². The van der Waals surface area contributed by atoms with E-state index in [0.29, 0.717) is 24.6 Å². The number of halogens is 1. The maximum atomic E-state index is 12.2. The zero-order chi connectivity index (χ0) is 15.0. The molecule has 1 aromatic carbocycles. The van der Waals surface area contributed by atoms with Gasteiger partial charge in [0.1, 0.15) is 5.75 Å². The molecule has 1 unspecified atom stereocenters. The van der Waals surface area contributed by atoms with Gasteiger partial charge >= 0.3 is 0 Å². The molecule has 4 nitrogen and oxygen atoms in total. The molecule has 0 aliphatic carbocycles. The summed E-state index contributed by atoms with van der Waals surface area (Å²) in [5.74, 6) is 1.14. The number of carbonyl (C=O) groups is 1. The second-order valence-electron chi connectivity index (χ2n) is 5.41. The van der Waals surface area contributed by atoms with Crippen LogP contribution in [0, 0.1) is 5.92 Å². The summed E-state index contributed by atoms with van der Waals surface area (Å²) < 4.78 is 5.54. The van der Waals surface area contributed by atoms with Crippen LogP contribution in [0.25, 0.3) is 0 Å². The Labute approximate surface area is 133 Å². The van der Waals surface area contributed by atoms with E-state index in [1.807, 2.05) is 19.1 Å². The summed E-state index contributed by atoms with van der Waals surface area (Å²) in [6.45, 7) is 7.40. The van der Waals surface area contributed by atoms with Crippen LogP contribution in [0.4, 0.5) is 0 Å². The van der Waals surface area contributed by atoms with E-state index in [2.05, 4.69) is 19.2 Å². The zero-order valence-electron chi connectivity index (χ0n) is 13.1. The van der Waals surface area contributed by atoms with Gasteiger partial charge < -0.3 is 15.8 Å². The quantitative estimate of drug-likeness (QED) is 0.775. The lowest BCUT2D eigenvalue weighted by Crippen LogP contribution is -2.41. The monoisotopic (exact) mass is 314 g/mol. The predicted molar refractivity (Wildman–Crippen MR) is 89.2 cm³/mol. The van der Waals surface area contributed by atoms with Crippen molar-refractivity contribution >= 4 is 18.3 Å². The minimum Gasteiger partial charge on any atom is -0.494 e. The number of nitrogens with two attached hydrogens (primary N) is 1. The van der Waals surface area contributed by atoms with Crippen LogP contribution in [0.3, 0.4) is 0 Å². The molecule has 0 radical (unpaired) electrons. The van der Waals surface area contributed by atoms with Crippen LogP contribution in [-0.4, -0.2) is 25.1 Å². The predicted octanol–water partition coefficient (Wildman–Crippen LogP) is 3.00. The number of nitrogens with one attached hydrogen (secondary N) is 1. The Morgan fingerprint density at radius 1 is 1.38 bits per heavy atom. The smallest absolute Gasteiger partial charge is 0.251 e. The lowest BCUT2D eigenvalue weighted by molar-refractivity contribution is 0.0933. The maximum absolute atomic E-state index is 12.2. The van der Waals surface area contributed by atoms with Crippen molar-refractivity contribution in [3.05, 3.63) is 29.8 Å². The average Bonchev–Trinajstić information content (AvgIpc) is 2.44. The lowest BCUT2D eigenvalue weighted by Gasteiger charge is -2.19. The first-order valence-corrected chi connectivity index (χ1v) is 7.30. The first-order chi connectivity index (χ1) is 9.56. The topological polar surface area (TPSA) is 64.3 Å². The standard InChI is InChI=1S/C16H26N2O2.ClH/c1-4-8-20-15-7-5-6-13(10-15)16(19)18-14(11-17)9-12(2)3;/h5-7,10,12,14H,4,8-9,11,17H2,1-3H3,(H,18,19);1H. The van der Waals surface area contributed by atoms with Gasteiger partial charge in [-0.1, -0.05) is 26.8 Å². The number of rotatable bonds is 8. The molecule has 0 aromatic heterocycles. The highest BCUT2D eigenvalue weighted by Crippen LogP contribution is 2.14. The van der Waals surface area contributed by atoms with Crippen molar-refractivity contribution in [3.63, 3.8) is 0 Å². The molecule has 0 aliphatic rings. The highest BCUT2D eigenvalue weighted by atomic mass is 35.5. The minimum absolute atomic E-state index is 0. The summed E-state index contributed by atoms with van der Waals surface area (Å²) in [5, 5.41) is 2.98. The summed E-state index contributed by atoms with van der Waals surface area (Å²) in [7, 11) is 0. The fraction of sp³-hybridized carbons (Fsp3) is 0.562. The molecule has 1 aromatic rings. The average molecular weight is 315 g/mol. The van der Waals surface area contributed by atoms with Gasteiger partial charge in [0.25, 0.3) is 5.91 Å². The second kappa shape index (κ2) is 10.5. The van der Waals surface area contributed by atoms with Crippen LogP contribution in [-0.2, 0) is 0 Å². The van der Waals surface area contributed by atoms with Gasteiger partial charge in [0.15, 0.2) is 0 Å². The highest BCUT2D eigenvalue weighted by Gasteiger charge is 2.14. The third-order valence-corrected chi connectivity index (χ3v) is 2.94. The minimum atomic E-state index is -0.0944. The van der Waals surface area contributed by atoms with Crippen molar-refractivity contribution in [2.45, 2.75) is 39.7 Å². The van der Waals surface area contributed by atoms with Gasteiger partial charge in [0.05, 0.1) is 6.61 Å². The fourth-order valence-corrected chi connectivity index (χ4v) is 2.00. The molecule has 0 bridgehead atoms. The largest absolute Gasteiger partial charge is 0.494 e. The Kier molecular flexibility index (Phi) is 9.84. The molecule has 0 heterocycles. The SMILES string of the molecule is CCCOc1cccc(C(=O)NC(CN)CC(C)C)c1.Cl. The summed E-state index contributed by atoms with van der Waals surface area (Å²) in [4.78, 5) is 12.2. The second-order valence-corrected chi connectivity index (χ2v) is 5.41. The van der Waals surface area contributed by atoms with E-state index in [-0.39, 0.29) is 24.4 Å². The van der Waals surface area contributed by atoms with Gasteiger partial charge in [-0.25, -0.2) is 0 Å². The van der Waals surface area contributed by atoms with Gasteiger partial charge in [-0.15, -0.1) is 12.4 Å². The lowest BCUT2D eigenvalue weighted by atomic mass is 10.0. The van der Waals surface area contributed by atoms with E-state index < -0.39 is 0 Å². The summed E-state index contributed by atoms with van der Waals surface area (Å²) >= 11 is 0. The number of hydrogen-bond donors (Lipinski definition) is 2. The third kappa shape index (κ3) is 7.34. The van der Waals surface area contributed by atoms with Crippen LogP contribution >= 0.6 is 12.4 Å². The van der Waals surface area contributed by atoms with Crippen molar-refractivity contribution in [1.29, 1.82) is 0 Å². The summed E-state index contributed by atoms with van der Waals surface area (Å²) in [6.07, 6.45) is 1.83.